The Morgan fingerprint density at radius 2 is 1.94 bits per heavy atom. The number of carbonyl (C=O) groups is 1. The monoisotopic (exact) mass is 422 g/mol. The van der Waals surface area contributed by atoms with Gasteiger partial charge in [-0.3, -0.25) is 24.3 Å². The third-order valence-corrected chi connectivity index (χ3v) is 6.23. The number of hydrogen-bond acceptors (Lipinski definition) is 6. The van der Waals surface area contributed by atoms with Crippen LogP contribution in [0.3, 0.4) is 0 Å². The summed E-state index contributed by atoms with van der Waals surface area (Å²) >= 11 is 0. The van der Waals surface area contributed by atoms with E-state index in [4.69, 9.17) is 4.98 Å². The van der Waals surface area contributed by atoms with Crippen molar-refractivity contribution in [3.05, 3.63) is 42.0 Å². The van der Waals surface area contributed by atoms with E-state index in [2.05, 4.69) is 19.9 Å². The van der Waals surface area contributed by atoms with Gasteiger partial charge < -0.3 is 0 Å². The highest BCUT2D eigenvalue weighted by molar-refractivity contribution is 5.85. The van der Waals surface area contributed by atoms with Gasteiger partial charge in [0.2, 0.25) is 0 Å². The Morgan fingerprint density at radius 1 is 1.06 bits per heavy atom. The van der Waals surface area contributed by atoms with Gasteiger partial charge in [-0.15, -0.1) is 0 Å². The fraction of sp³-hybridized carbons (Fsp3) is 0.478. The van der Waals surface area contributed by atoms with E-state index in [1.54, 1.807) is 6.20 Å². The topological polar surface area (TPSA) is 67.2 Å². The Kier molecular flexibility index (Phi) is 5.74. The van der Waals surface area contributed by atoms with Crippen LogP contribution in [0.5, 0.6) is 0 Å². The molecule has 0 aliphatic carbocycles. The lowest BCUT2D eigenvalue weighted by molar-refractivity contribution is -0.119. The Bertz CT molecular complexity index is 1090. The first-order chi connectivity index (χ1) is 15.2. The summed E-state index contributed by atoms with van der Waals surface area (Å²) in [6, 6.07) is 5.91. The molecule has 0 bridgehead atoms. The van der Waals surface area contributed by atoms with E-state index >= 15 is 0 Å². The number of pyridine rings is 2. The van der Waals surface area contributed by atoms with E-state index in [0.29, 0.717) is 26.1 Å². The molecule has 1 saturated heterocycles. The third-order valence-electron chi connectivity index (χ3n) is 6.23. The molecule has 2 aliphatic heterocycles. The first-order valence-corrected chi connectivity index (χ1v) is 11.0. The maximum atomic E-state index is 12.8. The number of halogens is 1. The number of alkyl halides is 1. The van der Waals surface area contributed by atoms with E-state index in [0.717, 1.165) is 59.7 Å². The van der Waals surface area contributed by atoms with Crippen molar-refractivity contribution in [2.24, 2.45) is 0 Å². The first-order valence-electron chi connectivity index (χ1n) is 11.0. The van der Waals surface area contributed by atoms with Gasteiger partial charge in [0, 0.05) is 42.5 Å². The molecule has 0 amide bonds. The summed E-state index contributed by atoms with van der Waals surface area (Å²) in [5.74, 6) is 0.198. The van der Waals surface area contributed by atoms with Crippen LogP contribution in [0.15, 0.2) is 30.6 Å². The van der Waals surface area contributed by atoms with Gasteiger partial charge in [0.25, 0.3) is 0 Å². The number of rotatable bonds is 7. The van der Waals surface area contributed by atoms with Gasteiger partial charge in [-0.25, -0.2) is 9.37 Å². The van der Waals surface area contributed by atoms with E-state index in [9.17, 15) is 9.18 Å². The third kappa shape index (κ3) is 4.36. The van der Waals surface area contributed by atoms with Crippen LogP contribution in [0.2, 0.25) is 0 Å². The van der Waals surface area contributed by atoms with Crippen molar-refractivity contribution in [1.82, 2.24) is 29.5 Å². The number of ketones is 1. The second-order valence-corrected chi connectivity index (χ2v) is 8.46. The summed E-state index contributed by atoms with van der Waals surface area (Å²) in [6.07, 6.45) is 6.33. The minimum absolute atomic E-state index is 0.198. The van der Waals surface area contributed by atoms with Crippen LogP contribution in [0.1, 0.15) is 24.2 Å². The Labute approximate surface area is 180 Å². The molecule has 31 heavy (non-hydrogen) atoms. The SMILES string of the molecule is O=C(Cc1cc2nc(-c3cnn4c3CN(CCF)CC4)ccc2cn1)CN1CCCC1. The summed E-state index contributed by atoms with van der Waals surface area (Å²) < 4.78 is 14.8. The minimum Gasteiger partial charge on any atom is -0.298 e. The zero-order valence-corrected chi connectivity index (χ0v) is 17.6. The highest BCUT2D eigenvalue weighted by Crippen LogP contribution is 2.27. The molecule has 0 saturated carbocycles. The molecule has 0 N–H and O–H groups in total. The van der Waals surface area contributed by atoms with Crippen LogP contribution >= 0.6 is 0 Å². The van der Waals surface area contributed by atoms with Crippen molar-refractivity contribution >= 4 is 16.7 Å². The maximum absolute atomic E-state index is 12.8. The molecule has 5 heterocycles. The smallest absolute Gasteiger partial charge is 0.152 e. The van der Waals surface area contributed by atoms with Crippen LogP contribution in [-0.4, -0.2) is 74.7 Å². The summed E-state index contributed by atoms with van der Waals surface area (Å²) in [6.45, 7) is 4.87. The second kappa shape index (κ2) is 8.80. The molecule has 1 fully saturated rings. The molecule has 0 spiro atoms. The van der Waals surface area contributed by atoms with Gasteiger partial charge >= 0.3 is 0 Å². The fourth-order valence-corrected chi connectivity index (χ4v) is 4.57. The largest absolute Gasteiger partial charge is 0.298 e. The highest BCUT2D eigenvalue weighted by Gasteiger charge is 2.22. The molecule has 5 rings (SSSR count). The lowest BCUT2D eigenvalue weighted by atomic mass is 10.1. The molecular weight excluding hydrogens is 395 g/mol. The lowest BCUT2D eigenvalue weighted by Crippen LogP contribution is -2.35. The van der Waals surface area contributed by atoms with Crippen LogP contribution in [0, 0.1) is 0 Å². The predicted molar refractivity (Wildman–Crippen MR) is 116 cm³/mol. The molecule has 8 heteroatoms. The zero-order valence-electron chi connectivity index (χ0n) is 17.6. The highest BCUT2D eigenvalue weighted by atomic mass is 19.1. The number of carbonyl (C=O) groups excluding carboxylic acids is 1. The predicted octanol–water partition coefficient (Wildman–Crippen LogP) is 2.49. The van der Waals surface area contributed by atoms with Gasteiger partial charge in [-0.1, -0.05) is 0 Å². The van der Waals surface area contributed by atoms with E-state index in [-0.39, 0.29) is 12.5 Å². The molecule has 162 valence electrons. The Hall–Kier alpha value is -2.71. The quantitative estimate of drug-likeness (QED) is 0.583. The van der Waals surface area contributed by atoms with Gasteiger partial charge in [0.05, 0.1) is 42.6 Å². The average molecular weight is 423 g/mol. The lowest BCUT2D eigenvalue weighted by Gasteiger charge is -2.27. The number of Topliss-reactive ketones (excluding diaryl/α,β-unsaturated/α-hetero) is 1. The standard InChI is InChI=1S/C23H27FN6O/c24-5-8-29-9-10-30-23(16-29)20(14-26-30)21-4-3-17-13-25-18(12-22(17)27-21)11-19(31)15-28-6-1-2-7-28/h3-4,12-14H,1-2,5-11,15-16H2. The van der Waals surface area contributed by atoms with E-state index in [1.165, 1.54) is 12.8 Å². The molecule has 0 aromatic carbocycles. The second-order valence-electron chi connectivity index (χ2n) is 8.46. The molecule has 2 aliphatic rings. The summed E-state index contributed by atoms with van der Waals surface area (Å²) in [5, 5.41) is 5.45. The summed E-state index contributed by atoms with van der Waals surface area (Å²) in [4.78, 5) is 26.1. The van der Waals surface area contributed by atoms with Crippen molar-refractivity contribution in [1.29, 1.82) is 0 Å². The van der Waals surface area contributed by atoms with E-state index < -0.39 is 0 Å². The van der Waals surface area contributed by atoms with Crippen molar-refractivity contribution in [2.45, 2.75) is 32.4 Å². The van der Waals surface area contributed by atoms with Crippen LogP contribution in [-0.2, 0) is 24.3 Å². The first kappa shape index (κ1) is 20.2. The molecule has 0 radical (unpaired) electrons. The van der Waals surface area contributed by atoms with Gasteiger partial charge in [-0.05, 0) is 44.1 Å². The number of aromatic nitrogens is 4. The van der Waals surface area contributed by atoms with E-state index in [1.807, 2.05) is 29.1 Å². The molecule has 0 unspecified atom stereocenters. The molecule has 7 nitrogen and oxygen atoms in total. The number of likely N-dealkylation sites (tertiary alicyclic amines) is 1. The maximum Gasteiger partial charge on any atom is 0.152 e. The van der Waals surface area contributed by atoms with Crippen molar-refractivity contribution in [3.8, 4) is 11.3 Å². The van der Waals surface area contributed by atoms with Gasteiger partial charge in [0.1, 0.15) is 6.67 Å². The molecular formula is C23H27FN6O. The average Bonchev–Trinajstić information content (AvgIpc) is 3.43. The van der Waals surface area contributed by atoms with Crippen molar-refractivity contribution in [3.63, 3.8) is 0 Å². The normalized spacial score (nSPS) is 17.3. The summed E-state index contributed by atoms with van der Waals surface area (Å²) in [7, 11) is 0. The summed E-state index contributed by atoms with van der Waals surface area (Å²) in [5.41, 5.74) is 4.48. The van der Waals surface area contributed by atoms with Crippen molar-refractivity contribution < 1.29 is 9.18 Å². The molecule has 3 aromatic heterocycles. The number of fused-ring (bicyclic) bond motifs is 2. The Balaban J connectivity index is 1.37. The van der Waals surface area contributed by atoms with Crippen LogP contribution in [0.4, 0.5) is 4.39 Å². The molecule has 3 aromatic rings. The van der Waals surface area contributed by atoms with Crippen LogP contribution < -0.4 is 0 Å². The van der Waals surface area contributed by atoms with Gasteiger partial charge in [-0.2, -0.15) is 5.10 Å². The number of hydrogen-bond donors (Lipinski definition) is 0. The molecule has 0 atom stereocenters. The minimum atomic E-state index is -0.343. The van der Waals surface area contributed by atoms with Crippen LogP contribution in [0.25, 0.3) is 22.2 Å². The Morgan fingerprint density at radius 3 is 2.77 bits per heavy atom. The van der Waals surface area contributed by atoms with Gasteiger partial charge in [0.15, 0.2) is 5.78 Å². The fourth-order valence-electron chi connectivity index (χ4n) is 4.57. The zero-order chi connectivity index (χ0) is 21.2. The van der Waals surface area contributed by atoms with Crippen molar-refractivity contribution in [2.75, 3.05) is 39.4 Å². The number of nitrogens with zero attached hydrogens (tertiary/aromatic N) is 6.